The van der Waals surface area contributed by atoms with Gasteiger partial charge in [-0.25, -0.2) is 18.7 Å². The number of nitrogens with zero attached hydrogens (tertiary/aromatic N) is 5. The Morgan fingerprint density at radius 3 is 2.67 bits per heavy atom. The number of pyridine rings is 1. The molecular weight excluding hydrogens is 468 g/mol. The van der Waals surface area contributed by atoms with E-state index < -0.39 is 12.0 Å². The molecule has 0 spiro atoms. The molecule has 1 aliphatic carbocycles. The molecule has 0 saturated carbocycles. The fourth-order valence-corrected chi connectivity index (χ4v) is 4.76. The van der Waals surface area contributed by atoms with Crippen molar-refractivity contribution in [2.24, 2.45) is 0 Å². The summed E-state index contributed by atoms with van der Waals surface area (Å²) in [5, 5.41) is 0. The monoisotopic (exact) mass is 497 g/mol. The van der Waals surface area contributed by atoms with E-state index in [0.29, 0.717) is 62.6 Å². The topological polar surface area (TPSA) is 80.7 Å². The van der Waals surface area contributed by atoms with Crippen molar-refractivity contribution in [3.05, 3.63) is 53.5 Å². The van der Waals surface area contributed by atoms with Crippen LogP contribution in [0.2, 0.25) is 0 Å². The standard InChI is InChI=1S/C26H29F2N5O3/c1-16(34)33-12-8-21-23(15-33)30-25(22-14-19(35-2)5-9-29-22)26(31-21)32-10-6-18(7-11-32)36-24-4-3-17(27)13-20(24)28/h3-5,9,14,18,20H,6-8,10-13,15H2,1-2H3. The van der Waals surface area contributed by atoms with Crippen LogP contribution >= 0.6 is 0 Å². The van der Waals surface area contributed by atoms with Gasteiger partial charge in [-0.1, -0.05) is 0 Å². The van der Waals surface area contributed by atoms with Crippen LogP contribution in [0.5, 0.6) is 5.75 Å². The van der Waals surface area contributed by atoms with Gasteiger partial charge < -0.3 is 19.3 Å². The summed E-state index contributed by atoms with van der Waals surface area (Å²) >= 11 is 0. The molecule has 0 bridgehead atoms. The van der Waals surface area contributed by atoms with E-state index in [9.17, 15) is 13.6 Å². The van der Waals surface area contributed by atoms with Gasteiger partial charge in [0.15, 0.2) is 12.0 Å². The second-order valence-corrected chi connectivity index (χ2v) is 9.22. The lowest BCUT2D eigenvalue weighted by molar-refractivity contribution is -0.129. The van der Waals surface area contributed by atoms with Gasteiger partial charge in [0.05, 0.1) is 30.7 Å². The highest BCUT2D eigenvalue weighted by Crippen LogP contribution is 2.34. The number of amides is 1. The van der Waals surface area contributed by atoms with Gasteiger partial charge in [0.1, 0.15) is 29.1 Å². The average molecular weight is 498 g/mol. The van der Waals surface area contributed by atoms with Gasteiger partial charge in [0, 0.05) is 64.5 Å². The number of piperidine rings is 1. The third-order valence-electron chi connectivity index (χ3n) is 6.80. The number of halogens is 2. The van der Waals surface area contributed by atoms with E-state index in [-0.39, 0.29) is 24.2 Å². The highest BCUT2D eigenvalue weighted by molar-refractivity contribution is 5.74. The largest absolute Gasteiger partial charge is 0.497 e. The minimum absolute atomic E-state index is 0.0106. The van der Waals surface area contributed by atoms with Gasteiger partial charge in [0.25, 0.3) is 0 Å². The van der Waals surface area contributed by atoms with E-state index in [1.165, 1.54) is 12.2 Å². The van der Waals surface area contributed by atoms with Gasteiger partial charge in [-0.3, -0.25) is 9.78 Å². The third-order valence-corrected chi connectivity index (χ3v) is 6.80. The number of carbonyl (C=O) groups excluding carboxylic acids is 1. The van der Waals surface area contributed by atoms with Crippen molar-refractivity contribution < 1.29 is 23.0 Å². The Morgan fingerprint density at radius 1 is 1.14 bits per heavy atom. The summed E-state index contributed by atoms with van der Waals surface area (Å²) in [7, 11) is 1.60. The Labute approximate surface area is 208 Å². The van der Waals surface area contributed by atoms with Gasteiger partial charge in [-0.05, 0) is 18.2 Å². The molecule has 36 heavy (non-hydrogen) atoms. The number of hydrogen-bond acceptors (Lipinski definition) is 7. The smallest absolute Gasteiger partial charge is 0.219 e. The van der Waals surface area contributed by atoms with Crippen molar-refractivity contribution in [3.8, 4) is 17.1 Å². The fourth-order valence-electron chi connectivity index (χ4n) is 4.76. The molecule has 8 nitrogen and oxygen atoms in total. The number of aromatic nitrogens is 3. The highest BCUT2D eigenvalue weighted by Gasteiger charge is 2.30. The fraction of sp³-hybridized carbons (Fsp3) is 0.462. The lowest BCUT2D eigenvalue weighted by atomic mass is 10.0. The second-order valence-electron chi connectivity index (χ2n) is 9.22. The molecule has 2 aromatic heterocycles. The van der Waals surface area contributed by atoms with Crippen LogP contribution < -0.4 is 9.64 Å². The molecule has 1 amide bonds. The first kappa shape index (κ1) is 24.1. The zero-order valence-electron chi connectivity index (χ0n) is 20.4. The molecule has 0 aromatic carbocycles. The number of rotatable bonds is 5. The van der Waals surface area contributed by atoms with Crippen LogP contribution in [0.25, 0.3) is 11.4 Å². The van der Waals surface area contributed by atoms with E-state index in [1.807, 2.05) is 6.07 Å². The first-order chi connectivity index (χ1) is 17.4. The van der Waals surface area contributed by atoms with Crippen LogP contribution in [-0.4, -0.2) is 64.8 Å². The van der Waals surface area contributed by atoms with Crippen LogP contribution in [0.1, 0.15) is 37.6 Å². The number of allylic oxidation sites excluding steroid dienone is 4. The average Bonchev–Trinajstić information content (AvgIpc) is 2.89. The first-order valence-corrected chi connectivity index (χ1v) is 12.2. The normalized spacial score (nSPS) is 20.4. The molecule has 5 rings (SSSR count). The molecule has 4 heterocycles. The Kier molecular flexibility index (Phi) is 6.84. The Bertz CT molecular complexity index is 1210. The maximum absolute atomic E-state index is 14.2. The molecule has 3 aliphatic rings. The van der Waals surface area contributed by atoms with E-state index in [1.54, 1.807) is 31.2 Å². The van der Waals surface area contributed by atoms with Gasteiger partial charge in [0.2, 0.25) is 5.91 Å². The summed E-state index contributed by atoms with van der Waals surface area (Å²) in [6.45, 7) is 3.87. The molecule has 2 aromatic rings. The van der Waals surface area contributed by atoms with E-state index in [2.05, 4.69) is 9.88 Å². The van der Waals surface area contributed by atoms with Crippen molar-refractivity contribution >= 4 is 11.7 Å². The Hall–Kier alpha value is -3.56. The maximum atomic E-state index is 14.2. The number of fused-ring (bicyclic) bond motifs is 1. The molecule has 0 radical (unpaired) electrons. The van der Waals surface area contributed by atoms with E-state index >= 15 is 0 Å². The molecule has 1 fully saturated rings. The zero-order valence-corrected chi connectivity index (χ0v) is 20.4. The molecule has 2 aliphatic heterocycles. The van der Waals surface area contributed by atoms with E-state index in [4.69, 9.17) is 19.4 Å². The van der Waals surface area contributed by atoms with Gasteiger partial charge >= 0.3 is 0 Å². The molecular formula is C26H29F2N5O3. The number of hydrogen-bond donors (Lipinski definition) is 0. The van der Waals surface area contributed by atoms with Crippen LogP contribution in [0.4, 0.5) is 14.6 Å². The van der Waals surface area contributed by atoms with Gasteiger partial charge in [-0.15, -0.1) is 0 Å². The number of anilines is 1. The van der Waals surface area contributed by atoms with Crippen molar-refractivity contribution in [2.75, 3.05) is 31.6 Å². The summed E-state index contributed by atoms with van der Waals surface area (Å²) in [4.78, 5) is 30.3. The molecule has 190 valence electrons. The number of carbonyl (C=O) groups is 1. The third kappa shape index (κ3) is 5.03. The zero-order chi connectivity index (χ0) is 25.2. The molecule has 0 N–H and O–H groups in total. The maximum Gasteiger partial charge on any atom is 0.219 e. The minimum Gasteiger partial charge on any atom is -0.497 e. The summed E-state index contributed by atoms with van der Waals surface area (Å²) in [5.74, 6) is 1.13. The van der Waals surface area contributed by atoms with Gasteiger partial charge in [-0.2, -0.15) is 0 Å². The summed E-state index contributed by atoms with van der Waals surface area (Å²) in [5.41, 5.74) is 2.93. The molecule has 1 unspecified atom stereocenters. The quantitative estimate of drug-likeness (QED) is 0.620. The number of alkyl halides is 1. The van der Waals surface area contributed by atoms with Crippen LogP contribution in [-0.2, 0) is 22.5 Å². The number of methoxy groups -OCH3 is 1. The summed E-state index contributed by atoms with van der Waals surface area (Å²) in [6, 6.07) is 3.60. The lowest BCUT2D eigenvalue weighted by Gasteiger charge is -2.35. The first-order valence-electron chi connectivity index (χ1n) is 12.2. The summed E-state index contributed by atoms with van der Waals surface area (Å²) < 4.78 is 38.8. The molecule has 1 atom stereocenters. The second kappa shape index (κ2) is 10.2. The number of ether oxygens (including phenoxy) is 2. The molecule has 1 saturated heterocycles. The van der Waals surface area contributed by atoms with Crippen LogP contribution in [0.3, 0.4) is 0 Å². The van der Waals surface area contributed by atoms with Crippen molar-refractivity contribution in [1.29, 1.82) is 0 Å². The van der Waals surface area contributed by atoms with Crippen LogP contribution in [0.15, 0.2) is 42.1 Å². The highest BCUT2D eigenvalue weighted by atomic mass is 19.1. The van der Waals surface area contributed by atoms with Crippen molar-refractivity contribution in [2.45, 2.75) is 51.4 Å². The van der Waals surface area contributed by atoms with E-state index in [0.717, 1.165) is 17.2 Å². The predicted molar refractivity (Wildman–Crippen MR) is 130 cm³/mol. The predicted octanol–water partition coefficient (Wildman–Crippen LogP) is 3.92. The Morgan fingerprint density at radius 2 is 1.94 bits per heavy atom. The SMILES string of the molecule is COc1ccnc(-c2nc3c(nc2N2CCC(OC4=CC=C(F)CC4F)CC2)CCN(C(C)=O)C3)c1. The minimum atomic E-state index is -1.44. The summed E-state index contributed by atoms with van der Waals surface area (Å²) in [6.07, 6.45) is 4.42. The lowest BCUT2D eigenvalue weighted by Crippen LogP contribution is -2.39. The Balaban J connectivity index is 1.40. The molecule has 10 heteroatoms. The van der Waals surface area contributed by atoms with Crippen LogP contribution in [0, 0.1) is 0 Å². The van der Waals surface area contributed by atoms with Crippen molar-refractivity contribution in [3.63, 3.8) is 0 Å². The van der Waals surface area contributed by atoms with Crippen molar-refractivity contribution in [1.82, 2.24) is 19.9 Å².